The van der Waals surface area contributed by atoms with Crippen LogP contribution >= 0.6 is 34.8 Å². The fourth-order valence-electron chi connectivity index (χ4n) is 2.98. The highest BCUT2D eigenvalue weighted by molar-refractivity contribution is 6.36. The Kier molecular flexibility index (Phi) is 10.6. The minimum Gasteiger partial charge on any atom is -0.494 e. The number of hydrogen-bond donors (Lipinski definition) is 1. The van der Waals surface area contributed by atoms with Gasteiger partial charge in [0.15, 0.2) is 0 Å². The standard InChI is InChI=1S/C24H29Cl3N2O3/c1-16(2)14-28-24(31)17(3)29(15-20-21(26)6-4-7-22(20)27)23(30)8-5-13-32-19-11-9-18(25)10-12-19/h4,6-7,9-12,16-17H,5,8,13-15H2,1-3H3,(H,28,31)/t17-/m0/s1. The Balaban J connectivity index is 2.05. The lowest BCUT2D eigenvalue weighted by Gasteiger charge is -2.29. The number of nitrogens with zero attached hydrogens (tertiary/aromatic N) is 1. The first-order valence-electron chi connectivity index (χ1n) is 10.6. The van der Waals surface area contributed by atoms with E-state index in [1.807, 2.05) is 13.8 Å². The lowest BCUT2D eigenvalue weighted by molar-refractivity contribution is -0.140. The van der Waals surface area contributed by atoms with Crippen molar-refractivity contribution < 1.29 is 14.3 Å². The molecule has 1 N–H and O–H groups in total. The average molecular weight is 500 g/mol. The fourth-order valence-corrected chi connectivity index (χ4v) is 3.62. The Morgan fingerprint density at radius 1 is 1.00 bits per heavy atom. The third kappa shape index (κ3) is 8.19. The van der Waals surface area contributed by atoms with Crippen molar-refractivity contribution in [3.05, 3.63) is 63.1 Å². The van der Waals surface area contributed by atoms with E-state index in [2.05, 4.69) is 5.32 Å². The smallest absolute Gasteiger partial charge is 0.242 e. The van der Waals surface area contributed by atoms with E-state index in [0.29, 0.717) is 51.9 Å². The van der Waals surface area contributed by atoms with E-state index in [9.17, 15) is 9.59 Å². The molecule has 2 amide bonds. The van der Waals surface area contributed by atoms with Crippen molar-refractivity contribution >= 4 is 46.6 Å². The second kappa shape index (κ2) is 12.9. The summed E-state index contributed by atoms with van der Waals surface area (Å²) in [6, 6.07) is 11.5. The second-order valence-corrected chi connectivity index (χ2v) is 9.19. The van der Waals surface area contributed by atoms with Crippen molar-refractivity contribution in [2.24, 2.45) is 5.92 Å². The number of benzene rings is 2. The van der Waals surface area contributed by atoms with Gasteiger partial charge >= 0.3 is 0 Å². The summed E-state index contributed by atoms with van der Waals surface area (Å²) in [6.07, 6.45) is 0.714. The molecule has 0 saturated carbocycles. The molecule has 0 aliphatic heterocycles. The van der Waals surface area contributed by atoms with Crippen molar-refractivity contribution in [3.63, 3.8) is 0 Å². The zero-order valence-electron chi connectivity index (χ0n) is 18.5. The molecule has 0 aromatic heterocycles. The Morgan fingerprint density at radius 3 is 2.22 bits per heavy atom. The monoisotopic (exact) mass is 498 g/mol. The zero-order chi connectivity index (χ0) is 23.7. The zero-order valence-corrected chi connectivity index (χ0v) is 20.8. The molecule has 0 radical (unpaired) electrons. The maximum absolute atomic E-state index is 13.1. The molecule has 2 aromatic rings. The molecular weight excluding hydrogens is 471 g/mol. The van der Waals surface area contributed by atoms with Crippen LogP contribution < -0.4 is 10.1 Å². The topological polar surface area (TPSA) is 58.6 Å². The van der Waals surface area contributed by atoms with Gasteiger partial charge in [-0.3, -0.25) is 9.59 Å². The number of nitrogens with one attached hydrogen (secondary N) is 1. The van der Waals surface area contributed by atoms with Gasteiger partial charge in [0.05, 0.1) is 6.61 Å². The molecule has 0 heterocycles. The highest BCUT2D eigenvalue weighted by Gasteiger charge is 2.27. The number of rotatable bonds is 11. The van der Waals surface area contributed by atoms with Crippen molar-refractivity contribution in [1.82, 2.24) is 10.2 Å². The van der Waals surface area contributed by atoms with Crippen molar-refractivity contribution in [2.75, 3.05) is 13.2 Å². The maximum atomic E-state index is 13.1. The van der Waals surface area contributed by atoms with Gasteiger partial charge in [0.25, 0.3) is 0 Å². The predicted octanol–water partition coefficient (Wildman–Crippen LogP) is 6.00. The summed E-state index contributed by atoms with van der Waals surface area (Å²) in [5, 5.41) is 4.43. The molecule has 8 heteroatoms. The van der Waals surface area contributed by atoms with Crippen molar-refractivity contribution in [3.8, 4) is 5.75 Å². The summed E-state index contributed by atoms with van der Waals surface area (Å²) in [7, 11) is 0. The van der Waals surface area contributed by atoms with Crippen LogP contribution in [0, 0.1) is 5.92 Å². The highest BCUT2D eigenvalue weighted by Crippen LogP contribution is 2.27. The Bertz CT molecular complexity index is 884. The molecule has 0 aliphatic rings. The largest absolute Gasteiger partial charge is 0.494 e. The van der Waals surface area contributed by atoms with Gasteiger partial charge in [-0.25, -0.2) is 0 Å². The third-order valence-corrected chi connectivity index (χ3v) is 5.82. The molecule has 2 rings (SSSR count). The van der Waals surface area contributed by atoms with E-state index in [1.54, 1.807) is 49.4 Å². The van der Waals surface area contributed by atoms with Crippen LogP contribution in [-0.4, -0.2) is 35.9 Å². The van der Waals surface area contributed by atoms with E-state index in [1.165, 1.54) is 4.90 Å². The molecule has 2 aromatic carbocycles. The van der Waals surface area contributed by atoms with Crippen LogP contribution in [0.15, 0.2) is 42.5 Å². The van der Waals surface area contributed by atoms with Crippen molar-refractivity contribution in [1.29, 1.82) is 0 Å². The second-order valence-electron chi connectivity index (χ2n) is 7.94. The lowest BCUT2D eigenvalue weighted by Crippen LogP contribution is -2.48. The molecule has 32 heavy (non-hydrogen) atoms. The fraction of sp³-hybridized carbons (Fsp3) is 0.417. The number of ether oxygens (including phenoxy) is 1. The number of halogens is 3. The van der Waals surface area contributed by atoms with Crippen LogP contribution in [0.25, 0.3) is 0 Å². The first-order chi connectivity index (χ1) is 15.2. The highest BCUT2D eigenvalue weighted by atomic mass is 35.5. The Labute approximate surface area is 205 Å². The van der Waals surface area contributed by atoms with Gasteiger partial charge in [-0.15, -0.1) is 0 Å². The summed E-state index contributed by atoms with van der Waals surface area (Å²) >= 11 is 18.5. The SMILES string of the molecule is CC(C)CNC(=O)[C@H](C)N(Cc1c(Cl)cccc1Cl)C(=O)CCCOc1ccc(Cl)cc1. The summed E-state index contributed by atoms with van der Waals surface area (Å²) < 4.78 is 5.67. The third-order valence-electron chi connectivity index (χ3n) is 4.86. The van der Waals surface area contributed by atoms with Gasteiger partial charge in [0.1, 0.15) is 11.8 Å². The summed E-state index contributed by atoms with van der Waals surface area (Å²) in [5.74, 6) is 0.599. The lowest BCUT2D eigenvalue weighted by atomic mass is 10.1. The van der Waals surface area contributed by atoms with Gasteiger partial charge in [-0.05, 0) is 55.7 Å². The number of carbonyl (C=O) groups is 2. The van der Waals surface area contributed by atoms with Crippen LogP contribution in [0.1, 0.15) is 39.2 Å². The van der Waals surface area contributed by atoms with Crippen molar-refractivity contribution in [2.45, 2.75) is 46.2 Å². The first-order valence-corrected chi connectivity index (χ1v) is 11.7. The predicted molar refractivity (Wildman–Crippen MR) is 131 cm³/mol. The molecular formula is C24H29Cl3N2O3. The first kappa shape index (κ1) is 26.3. The number of hydrogen-bond acceptors (Lipinski definition) is 3. The van der Waals surface area contributed by atoms with Crippen LogP contribution in [0.3, 0.4) is 0 Å². The van der Waals surface area contributed by atoms with E-state index in [-0.39, 0.29) is 24.8 Å². The Hall–Kier alpha value is -1.95. The van der Waals surface area contributed by atoms with Gasteiger partial charge < -0.3 is 15.0 Å². The molecule has 0 unspecified atom stereocenters. The summed E-state index contributed by atoms with van der Waals surface area (Å²) in [6.45, 7) is 6.78. The number of carbonyl (C=O) groups excluding carboxylic acids is 2. The average Bonchev–Trinajstić information content (AvgIpc) is 2.75. The van der Waals surface area contributed by atoms with Crippen LogP contribution in [-0.2, 0) is 16.1 Å². The molecule has 1 atom stereocenters. The van der Waals surface area contributed by atoms with Gasteiger partial charge in [-0.1, -0.05) is 54.7 Å². The molecule has 0 spiro atoms. The van der Waals surface area contributed by atoms with E-state index in [4.69, 9.17) is 39.5 Å². The van der Waals surface area contributed by atoms with E-state index < -0.39 is 6.04 Å². The van der Waals surface area contributed by atoms with Crippen LogP contribution in [0.4, 0.5) is 0 Å². The maximum Gasteiger partial charge on any atom is 0.242 e. The normalized spacial score (nSPS) is 11.8. The molecule has 0 fully saturated rings. The minimum absolute atomic E-state index is 0.144. The molecule has 0 bridgehead atoms. The Morgan fingerprint density at radius 2 is 1.62 bits per heavy atom. The molecule has 5 nitrogen and oxygen atoms in total. The number of amides is 2. The molecule has 0 saturated heterocycles. The van der Waals surface area contributed by atoms with Gasteiger partial charge in [0.2, 0.25) is 11.8 Å². The summed E-state index contributed by atoms with van der Waals surface area (Å²) in [4.78, 5) is 27.3. The van der Waals surface area contributed by atoms with E-state index in [0.717, 1.165) is 0 Å². The van der Waals surface area contributed by atoms with Crippen LogP contribution in [0.5, 0.6) is 5.75 Å². The molecule has 174 valence electrons. The van der Waals surface area contributed by atoms with Crippen LogP contribution in [0.2, 0.25) is 15.1 Å². The van der Waals surface area contributed by atoms with Gasteiger partial charge in [0, 0.05) is 40.1 Å². The summed E-state index contributed by atoms with van der Waals surface area (Å²) in [5.41, 5.74) is 0.616. The van der Waals surface area contributed by atoms with E-state index >= 15 is 0 Å². The minimum atomic E-state index is -0.675. The quantitative estimate of drug-likeness (QED) is 0.386. The molecule has 0 aliphatic carbocycles. The van der Waals surface area contributed by atoms with Gasteiger partial charge in [-0.2, -0.15) is 0 Å².